The summed E-state index contributed by atoms with van der Waals surface area (Å²) in [7, 11) is 0. The van der Waals surface area contributed by atoms with Gasteiger partial charge in [-0.25, -0.2) is 0 Å². The highest BCUT2D eigenvalue weighted by Crippen LogP contribution is 2.29. The van der Waals surface area contributed by atoms with E-state index in [9.17, 15) is 0 Å². The zero-order chi connectivity index (χ0) is 12.5. The number of nitrogens with zero attached hydrogens (tertiary/aromatic N) is 2. The van der Waals surface area contributed by atoms with Crippen molar-refractivity contribution in [3.63, 3.8) is 0 Å². The van der Waals surface area contributed by atoms with Gasteiger partial charge in [0.15, 0.2) is 0 Å². The van der Waals surface area contributed by atoms with Gasteiger partial charge in [0.2, 0.25) is 0 Å². The molecule has 0 bridgehead atoms. The van der Waals surface area contributed by atoms with Gasteiger partial charge in [-0.15, -0.1) is 0 Å². The van der Waals surface area contributed by atoms with Crippen molar-refractivity contribution in [1.29, 1.82) is 0 Å². The fourth-order valence-electron chi connectivity index (χ4n) is 3.19. The second-order valence-corrected chi connectivity index (χ2v) is 7.06. The maximum Gasteiger partial charge on any atom is 0.0223 e. The van der Waals surface area contributed by atoms with E-state index in [2.05, 4.69) is 37.5 Å². The monoisotopic (exact) mass is 238 g/mol. The molecule has 2 heterocycles. The number of hydrogen-bond donors (Lipinski definition) is 0. The lowest BCUT2D eigenvalue weighted by Crippen LogP contribution is -2.42. The molecule has 0 radical (unpaired) electrons. The summed E-state index contributed by atoms with van der Waals surface area (Å²) in [6, 6.07) is 0.862. The lowest BCUT2D eigenvalue weighted by Gasteiger charge is -2.36. The fourth-order valence-corrected chi connectivity index (χ4v) is 3.19. The molecule has 2 rings (SSSR count). The smallest absolute Gasteiger partial charge is 0.0223 e. The molecule has 2 nitrogen and oxygen atoms in total. The summed E-state index contributed by atoms with van der Waals surface area (Å²) in [6.45, 7) is 16.2. The molecule has 1 atom stereocenters. The molecule has 0 aliphatic carbocycles. The molecule has 0 aromatic heterocycles. The van der Waals surface area contributed by atoms with Crippen LogP contribution in [0, 0.1) is 11.3 Å². The van der Waals surface area contributed by atoms with Crippen molar-refractivity contribution in [2.24, 2.45) is 11.3 Å². The molecule has 2 saturated heterocycles. The molecule has 100 valence electrons. The highest BCUT2D eigenvalue weighted by atomic mass is 15.3. The predicted octanol–water partition coefficient (Wildman–Crippen LogP) is 2.84. The third kappa shape index (κ3) is 3.23. The molecule has 2 aliphatic rings. The average Bonchev–Trinajstić information content (AvgIpc) is 2.57. The van der Waals surface area contributed by atoms with E-state index < -0.39 is 0 Å². The van der Waals surface area contributed by atoms with E-state index >= 15 is 0 Å². The maximum absolute atomic E-state index is 2.73. The predicted molar refractivity (Wildman–Crippen MR) is 74.3 cm³/mol. The van der Waals surface area contributed by atoms with Crippen molar-refractivity contribution in [3.05, 3.63) is 0 Å². The quantitative estimate of drug-likeness (QED) is 0.746. The van der Waals surface area contributed by atoms with E-state index in [0.29, 0.717) is 5.41 Å². The van der Waals surface area contributed by atoms with Gasteiger partial charge in [0, 0.05) is 19.1 Å². The lowest BCUT2D eigenvalue weighted by molar-refractivity contribution is 0.126. The van der Waals surface area contributed by atoms with Gasteiger partial charge in [0.1, 0.15) is 0 Å². The Morgan fingerprint density at radius 1 is 1.12 bits per heavy atom. The minimum Gasteiger partial charge on any atom is -0.301 e. The summed E-state index contributed by atoms with van der Waals surface area (Å²) >= 11 is 0. The van der Waals surface area contributed by atoms with Crippen LogP contribution in [0.15, 0.2) is 0 Å². The van der Waals surface area contributed by atoms with Crippen LogP contribution in [0.3, 0.4) is 0 Å². The first kappa shape index (κ1) is 13.4. The van der Waals surface area contributed by atoms with E-state index in [0.717, 1.165) is 12.0 Å². The molecule has 2 heteroatoms. The van der Waals surface area contributed by atoms with Gasteiger partial charge >= 0.3 is 0 Å². The van der Waals surface area contributed by atoms with Crippen LogP contribution < -0.4 is 0 Å². The minimum absolute atomic E-state index is 0.452. The Kier molecular flexibility index (Phi) is 4.14. The molecule has 2 fully saturated rings. The van der Waals surface area contributed by atoms with Gasteiger partial charge in [-0.2, -0.15) is 0 Å². The molecule has 17 heavy (non-hydrogen) atoms. The second-order valence-electron chi connectivity index (χ2n) is 7.06. The molecule has 0 amide bonds. The van der Waals surface area contributed by atoms with Crippen LogP contribution in [-0.4, -0.2) is 48.6 Å². The third-order valence-corrected chi connectivity index (χ3v) is 5.08. The first-order valence-electron chi connectivity index (χ1n) is 7.45. The lowest BCUT2D eigenvalue weighted by atomic mass is 9.80. The third-order valence-electron chi connectivity index (χ3n) is 5.08. The van der Waals surface area contributed by atoms with Gasteiger partial charge in [0.05, 0.1) is 0 Å². The SMILES string of the molecule is CC(C)C(C)(C)CN1CCCN2CCCC2C1. The number of hydrogen-bond acceptors (Lipinski definition) is 2. The summed E-state index contributed by atoms with van der Waals surface area (Å²) in [5, 5.41) is 0. The Labute approximate surface area is 107 Å². The maximum atomic E-state index is 2.73. The van der Waals surface area contributed by atoms with Crippen molar-refractivity contribution in [2.75, 3.05) is 32.7 Å². The van der Waals surface area contributed by atoms with Gasteiger partial charge in [-0.05, 0) is 50.2 Å². The van der Waals surface area contributed by atoms with E-state index in [1.807, 2.05) is 0 Å². The molecule has 2 aliphatic heterocycles. The Morgan fingerprint density at radius 3 is 2.53 bits per heavy atom. The summed E-state index contributed by atoms with van der Waals surface area (Å²) < 4.78 is 0. The summed E-state index contributed by atoms with van der Waals surface area (Å²) in [5.41, 5.74) is 0.452. The van der Waals surface area contributed by atoms with Crippen molar-refractivity contribution in [3.8, 4) is 0 Å². The molecule has 0 aromatic rings. The van der Waals surface area contributed by atoms with E-state index in [1.165, 1.54) is 52.0 Å². The summed E-state index contributed by atoms with van der Waals surface area (Å²) in [4.78, 5) is 5.46. The van der Waals surface area contributed by atoms with Crippen molar-refractivity contribution >= 4 is 0 Å². The minimum atomic E-state index is 0.452. The van der Waals surface area contributed by atoms with Crippen LogP contribution in [-0.2, 0) is 0 Å². The molecule has 0 N–H and O–H groups in total. The highest BCUT2D eigenvalue weighted by molar-refractivity contribution is 4.87. The van der Waals surface area contributed by atoms with Crippen LogP contribution >= 0.6 is 0 Å². The molecular formula is C15H30N2. The first-order valence-corrected chi connectivity index (χ1v) is 7.45. The zero-order valence-corrected chi connectivity index (χ0v) is 12.2. The Hall–Kier alpha value is -0.0800. The molecular weight excluding hydrogens is 208 g/mol. The zero-order valence-electron chi connectivity index (χ0n) is 12.2. The van der Waals surface area contributed by atoms with Crippen molar-refractivity contribution in [1.82, 2.24) is 9.80 Å². The first-order chi connectivity index (χ1) is 7.99. The largest absolute Gasteiger partial charge is 0.301 e. The summed E-state index contributed by atoms with van der Waals surface area (Å²) in [6.07, 6.45) is 4.22. The molecule has 0 saturated carbocycles. The standard InChI is InChI=1S/C15H30N2/c1-13(2)15(3,4)12-16-8-6-10-17-9-5-7-14(17)11-16/h13-14H,5-12H2,1-4H3. The Balaban J connectivity index is 1.92. The highest BCUT2D eigenvalue weighted by Gasteiger charge is 2.32. The van der Waals surface area contributed by atoms with E-state index in [1.54, 1.807) is 0 Å². The topological polar surface area (TPSA) is 6.48 Å². The van der Waals surface area contributed by atoms with E-state index in [4.69, 9.17) is 0 Å². The van der Waals surface area contributed by atoms with Gasteiger partial charge in [0.25, 0.3) is 0 Å². The molecule has 0 aromatic carbocycles. The summed E-state index contributed by atoms with van der Waals surface area (Å²) in [5.74, 6) is 0.769. The van der Waals surface area contributed by atoms with Crippen LogP contribution in [0.25, 0.3) is 0 Å². The number of rotatable bonds is 3. The van der Waals surface area contributed by atoms with E-state index in [-0.39, 0.29) is 0 Å². The Bertz CT molecular complexity index is 247. The van der Waals surface area contributed by atoms with Crippen LogP contribution in [0.1, 0.15) is 47.0 Å². The fraction of sp³-hybridized carbons (Fsp3) is 1.00. The van der Waals surface area contributed by atoms with Gasteiger partial charge in [-0.3, -0.25) is 4.90 Å². The van der Waals surface area contributed by atoms with Gasteiger partial charge in [-0.1, -0.05) is 27.7 Å². The average molecular weight is 238 g/mol. The normalized spacial score (nSPS) is 28.4. The van der Waals surface area contributed by atoms with Crippen LogP contribution in [0.4, 0.5) is 0 Å². The van der Waals surface area contributed by atoms with Crippen LogP contribution in [0.2, 0.25) is 0 Å². The molecule has 0 spiro atoms. The second kappa shape index (κ2) is 5.27. The van der Waals surface area contributed by atoms with Gasteiger partial charge < -0.3 is 4.90 Å². The Morgan fingerprint density at radius 2 is 1.82 bits per heavy atom. The van der Waals surface area contributed by atoms with Crippen LogP contribution in [0.5, 0.6) is 0 Å². The van der Waals surface area contributed by atoms with Crippen molar-refractivity contribution < 1.29 is 0 Å². The molecule has 1 unspecified atom stereocenters. The number of fused-ring (bicyclic) bond motifs is 1. The van der Waals surface area contributed by atoms with Crippen molar-refractivity contribution in [2.45, 2.75) is 53.0 Å².